The molecule has 1 heterocycles. The van der Waals surface area contributed by atoms with E-state index in [1.165, 1.54) is 12.8 Å². The predicted octanol–water partition coefficient (Wildman–Crippen LogP) is 1.52. The Kier molecular flexibility index (Phi) is 4.85. The highest BCUT2D eigenvalue weighted by Gasteiger charge is 2.34. The number of hydrogen-bond donors (Lipinski definition) is 2. The fourth-order valence-corrected chi connectivity index (χ4v) is 3.75. The number of nitrogens with zero attached hydrogens (tertiary/aromatic N) is 1. The van der Waals surface area contributed by atoms with Crippen molar-refractivity contribution in [1.82, 2.24) is 10.2 Å². The van der Waals surface area contributed by atoms with Crippen LogP contribution >= 0.6 is 0 Å². The average Bonchev–Trinajstić information content (AvgIpc) is 2.92. The zero-order valence-electron chi connectivity index (χ0n) is 12.4. The molecule has 1 saturated heterocycles. The molecule has 2 N–H and O–H groups in total. The first-order valence-electron chi connectivity index (χ1n) is 7.74. The maximum absolute atomic E-state index is 12.3. The van der Waals surface area contributed by atoms with Crippen molar-refractivity contribution in [2.75, 3.05) is 6.54 Å². The van der Waals surface area contributed by atoms with E-state index in [1.807, 2.05) is 6.92 Å². The van der Waals surface area contributed by atoms with Crippen LogP contribution in [0.4, 0.5) is 0 Å². The fourth-order valence-electron chi connectivity index (χ4n) is 3.75. The number of likely N-dealkylation sites (tertiary alicyclic amines) is 1. The first-order valence-corrected chi connectivity index (χ1v) is 7.74. The van der Waals surface area contributed by atoms with Gasteiger partial charge in [-0.1, -0.05) is 6.42 Å². The number of carbonyl (C=O) groups is 1. The minimum absolute atomic E-state index is 0.0638. The van der Waals surface area contributed by atoms with Crippen LogP contribution in [0.25, 0.3) is 0 Å². The van der Waals surface area contributed by atoms with Crippen LogP contribution in [-0.2, 0) is 4.79 Å². The van der Waals surface area contributed by atoms with Gasteiger partial charge in [-0.15, -0.1) is 0 Å². The van der Waals surface area contributed by atoms with Crippen LogP contribution in [-0.4, -0.2) is 46.7 Å². The van der Waals surface area contributed by atoms with Crippen LogP contribution in [0, 0.1) is 5.92 Å². The normalized spacial score (nSPS) is 37.5. The molecule has 0 aromatic rings. The van der Waals surface area contributed by atoms with Crippen molar-refractivity contribution in [2.45, 2.75) is 77.1 Å². The summed E-state index contributed by atoms with van der Waals surface area (Å²) >= 11 is 0. The molecule has 1 saturated carbocycles. The van der Waals surface area contributed by atoms with Gasteiger partial charge >= 0.3 is 0 Å². The molecule has 1 aliphatic carbocycles. The number of nitrogens with one attached hydrogen (secondary N) is 1. The highest BCUT2D eigenvalue weighted by atomic mass is 16.3. The van der Waals surface area contributed by atoms with Gasteiger partial charge in [-0.05, 0) is 46.5 Å². The second kappa shape index (κ2) is 6.23. The lowest BCUT2D eigenvalue weighted by Crippen LogP contribution is -2.50. The molecule has 1 amide bonds. The molecule has 0 aromatic carbocycles. The molecule has 19 heavy (non-hydrogen) atoms. The van der Waals surface area contributed by atoms with Crippen LogP contribution < -0.4 is 5.32 Å². The Morgan fingerprint density at radius 2 is 1.89 bits per heavy atom. The molecular formula is C15H28N2O2. The molecule has 2 fully saturated rings. The predicted molar refractivity (Wildman–Crippen MR) is 75.8 cm³/mol. The number of aliphatic hydroxyl groups is 1. The molecule has 0 spiro atoms. The third kappa shape index (κ3) is 3.29. The summed E-state index contributed by atoms with van der Waals surface area (Å²) in [4.78, 5) is 14.6. The van der Waals surface area contributed by atoms with Gasteiger partial charge in [0.2, 0.25) is 5.91 Å². The standard InChI is InChI=1S/C15H28N2O2/c1-10-7-8-11(2)17(10)12(3)15(19)16-9-13-5-4-6-14(13)18/h10-14,18H,4-9H2,1-3H3,(H,16,19). The highest BCUT2D eigenvalue weighted by molar-refractivity contribution is 5.81. The van der Waals surface area contributed by atoms with E-state index < -0.39 is 0 Å². The van der Waals surface area contributed by atoms with E-state index >= 15 is 0 Å². The van der Waals surface area contributed by atoms with Crippen molar-refractivity contribution in [1.29, 1.82) is 0 Å². The molecule has 110 valence electrons. The molecule has 2 rings (SSSR count). The molecule has 4 nitrogen and oxygen atoms in total. The summed E-state index contributed by atoms with van der Waals surface area (Å²) in [7, 11) is 0. The summed E-state index contributed by atoms with van der Waals surface area (Å²) in [6.45, 7) is 7.03. The molecule has 0 aromatic heterocycles. The molecule has 1 aliphatic heterocycles. The maximum Gasteiger partial charge on any atom is 0.237 e. The highest BCUT2D eigenvalue weighted by Crippen LogP contribution is 2.27. The molecule has 0 radical (unpaired) electrons. The Morgan fingerprint density at radius 1 is 1.26 bits per heavy atom. The van der Waals surface area contributed by atoms with E-state index in [1.54, 1.807) is 0 Å². The molecule has 4 heteroatoms. The lowest BCUT2D eigenvalue weighted by Gasteiger charge is -2.32. The quantitative estimate of drug-likeness (QED) is 0.813. The van der Waals surface area contributed by atoms with Gasteiger partial charge in [0.15, 0.2) is 0 Å². The molecule has 0 bridgehead atoms. The summed E-state index contributed by atoms with van der Waals surface area (Å²) in [5.41, 5.74) is 0. The summed E-state index contributed by atoms with van der Waals surface area (Å²) in [5.74, 6) is 0.365. The lowest BCUT2D eigenvalue weighted by atomic mass is 10.1. The number of hydrogen-bond acceptors (Lipinski definition) is 3. The van der Waals surface area contributed by atoms with Crippen LogP contribution in [0.15, 0.2) is 0 Å². The SMILES string of the molecule is CC1CCC(C)N1C(C)C(=O)NCC1CCCC1O. The average molecular weight is 268 g/mol. The zero-order valence-corrected chi connectivity index (χ0v) is 12.4. The van der Waals surface area contributed by atoms with E-state index in [9.17, 15) is 9.90 Å². The van der Waals surface area contributed by atoms with Crippen LogP contribution in [0.3, 0.4) is 0 Å². The Bertz CT molecular complexity index is 311. The molecule has 5 unspecified atom stereocenters. The van der Waals surface area contributed by atoms with Crippen molar-refractivity contribution in [3.05, 3.63) is 0 Å². The molecule has 2 aliphatic rings. The summed E-state index contributed by atoms with van der Waals surface area (Å²) in [6, 6.07) is 0.923. The van der Waals surface area contributed by atoms with E-state index in [2.05, 4.69) is 24.1 Å². The lowest BCUT2D eigenvalue weighted by molar-refractivity contribution is -0.127. The van der Waals surface area contributed by atoms with Crippen LogP contribution in [0.2, 0.25) is 0 Å². The Labute approximate surface area is 116 Å². The minimum atomic E-state index is -0.222. The third-order valence-electron chi connectivity index (χ3n) is 5.00. The van der Waals surface area contributed by atoms with Gasteiger partial charge in [-0.25, -0.2) is 0 Å². The Balaban J connectivity index is 1.82. The van der Waals surface area contributed by atoms with Crippen molar-refractivity contribution < 1.29 is 9.90 Å². The zero-order chi connectivity index (χ0) is 14.0. The van der Waals surface area contributed by atoms with Crippen LogP contribution in [0.5, 0.6) is 0 Å². The van der Waals surface area contributed by atoms with Crippen molar-refractivity contribution in [2.24, 2.45) is 5.92 Å². The largest absolute Gasteiger partial charge is 0.393 e. The van der Waals surface area contributed by atoms with Gasteiger partial charge in [0.25, 0.3) is 0 Å². The van der Waals surface area contributed by atoms with Gasteiger partial charge in [0.05, 0.1) is 12.1 Å². The van der Waals surface area contributed by atoms with Gasteiger partial charge < -0.3 is 10.4 Å². The van der Waals surface area contributed by atoms with E-state index in [4.69, 9.17) is 0 Å². The Hall–Kier alpha value is -0.610. The van der Waals surface area contributed by atoms with Crippen molar-refractivity contribution in [3.63, 3.8) is 0 Å². The van der Waals surface area contributed by atoms with Crippen molar-refractivity contribution in [3.8, 4) is 0 Å². The topological polar surface area (TPSA) is 52.6 Å². The second-order valence-electron chi connectivity index (χ2n) is 6.40. The monoisotopic (exact) mass is 268 g/mol. The van der Waals surface area contributed by atoms with E-state index in [0.717, 1.165) is 19.3 Å². The smallest absolute Gasteiger partial charge is 0.237 e. The number of amides is 1. The second-order valence-corrected chi connectivity index (χ2v) is 6.40. The summed E-state index contributed by atoms with van der Waals surface area (Å²) in [6.07, 6.45) is 5.14. The van der Waals surface area contributed by atoms with Crippen LogP contribution in [0.1, 0.15) is 52.9 Å². The van der Waals surface area contributed by atoms with E-state index in [0.29, 0.717) is 18.6 Å². The minimum Gasteiger partial charge on any atom is -0.393 e. The molecular weight excluding hydrogens is 240 g/mol. The third-order valence-corrected chi connectivity index (χ3v) is 5.00. The Morgan fingerprint density at radius 3 is 2.42 bits per heavy atom. The van der Waals surface area contributed by atoms with Crippen molar-refractivity contribution >= 4 is 5.91 Å². The first kappa shape index (κ1) is 14.8. The number of rotatable bonds is 4. The number of aliphatic hydroxyl groups excluding tert-OH is 1. The van der Waals surface area contributed by atoms with E-state index in [-0.39, 0.29) is 24.0 Å². The fraction of sp³-hybridized carbons (Fsp3) is 0.933. The van der Waals surface area contributed by atoms with Gasteiger partial charge in [-0.2, -0.15) is 0 Å². The van der Waals surface area contributed by atoms with Gasteiger partial charge in [-0.3, -0.25) is 9.69 Å². The number of carbonyl (C=O) groups excluding carboxylic acids is 1. The maximum atomic E-state index is 12.3. The van der Waals surface area contributed by atoms with Gasteiger partial charge in [0, 0.05) is 24.5 Å². The first-order chi connectivity index (χ1) is 9.00. The summed E-state index contributed by atoms with van der Waals surface area (Å²) < 4.78 is 0. The summed E-state index contributed by atoms with van der Waals surface area (Å²) in [5, 5.41) is 12.8. The van der Waals surface area contributed by atoms with Gasteiger partial charge in [0.1, 0.15) is 0 Å². The molecule has 5 atom stereocenters.